The van der Waals surface area contributed by atoms with Gasteiger partial charge in [-0.1, -0.05) is 23.0 Å². The van der Waals surface area contributed by atoms with Gasteiger partial charge in [-0.05, 0) is 24.3 Å². The molecule has 86 valence electrons. The Bertz CT molecular complexity index is 530. The zero-order valence-corrected chi connectivity index (χ0v) is 9.63. The number of aromatic nitrogens is 2. The third-order valence-electron chi connectivity index (χ3n) is 1.96. The van der Waals surface area contributed by atoms with Crippen molar-refractivity contribution in [3.63, 3.8) is 0 Å². The third kappa shape index (κ3) is 2.94. The first-order valence-electron chi connectivity index (χ1n) is 4.82. The summed E-state index contributed by atoms with van der Waals surface area (Å²) in [6.45, 7) is 0. The van der Waals surface area contributed by atoms with E-state index in [4.69, 9.17) is 10.9 Å². The minimum atomic E-state index is -0.00605. The summed E-state index contributed by atoms with van der Waals surface area (Å²) in [5.41, 5.74) is 5.91. The molecule has 0 bridgehead atoms. The lowest BCUT2D eigenvalue weighted by molar-refractivity contribution is 0.318. The number of pyridine rings is 2. The second kappa shape index (κ2) is 5.31. The number of nitrogens with two attached hydrogens (primary N) is 1. The predicted molar refractivity (Wildman–Crippen MR) is 65.1 cm³/mol. The Kier molecular flexibility index (Phi) is 3.56. The van der Waals surface area contributed by atoms with Crippen molar-refractivity contribution in [1.82, 2.24) is 9.97 Å². The molecule has 2 aromatic heterocycles. The molecule has 17 heavy (non-hydrogen) atoms. The highest BCUT2D eigenvalue weighted by atomic mass is 32.2. The van der Waals surface area contributed by atoms with E-state index >= 15 is 0 Å². The molecule has 2 heterocycles. The van der Waals surface area contributed by atoms with Crippen molar-refractivity contribution in [3.05, 3.63) is 48.4 Å². The highest BCUT2D eigenvalue weighted by Crippen LogP contribution is 2.25. The van der Waals surface area contributed by atoms with Crippen LogP contribution in [0.4, 0.5) is 0 Å². The van der Waals surface area contributed by atoms with E-state index in [1.807, 2.05) is 24.3 Å². The Labute approximate surface area is 102 Å². The molecule has 6 heteroatoms. The van der Waals surface area contributed by atoms with E-state index in [1.165, 1.54) is 11.8 Å². The molecule has 3 N–H and O–H groups in total. The number of nitrogens with zero attached hydrogens (tertiary/aromatic N) is 3. The monoisotopic (exact) mass is 246 g/mol. The summed E-state index contributed by atoms with van der Waals surface area (Å²) in [5.74, 6) is -0.00605. The molecule has 0 saturated carbocycles. The number of oxime groups is 1. The van der Waals surface area contributed by atoms with Crippen molar-refractivity contribution >= 4 is 17.6 Å². The number of rotatable bonds is 3. The average Bonchev–Trinajstić information content (AvgIpc) is 2.39. The average molecular weight is 246 g/mol. The third-order valence-corrected chi connectivity index (χ3v) is 2.90. The van der Waals surface area contributed by atoms with Crippen LogP contribution in [0.3, 0.4) is 0 Å². The fraction of sp³-hybridized carbons (Fsp3) is 0. The normalized spacial score (nSPS) is 11.4. The van der Waals surface area contributed by atoms with E-state index in [1.54, 1.807) is 18.5 Å². The molecule has 0 aliphatic heterocycles. The summed E-state index contributed by atoms with van der Waals surface area (Å²) in [4.78, 5) is 9.13. The molecule has 0 amide bonds. The summed E-state index contributed by atoms with van der Waals surface area (Å²) in [6.07, 6.45) is 3.34. The van der Waals surface area contributed by atoms with Crippen LogP contribution in [0.1, 0.15) is 5.69 Å². The van der Waals surface area contributed by atoms with Gasteiger partial charge in [0, 0.05) is 17.3 Å². The SMILES string of the molecule is NC(=NO)c1cc(Sc2ccccn2)ccn1. The Morgan fingerprint density at radius 1 is 1.24 bits per heavy atom. The van der Waals surface area contributed by atoms with E-state index in [2.05, 4.69) is 15.1 Å². The Morgan fingerprint density at radius 3 is 2.82 bits per heavy atom. The number of hydrogen-bond donors (Lipinski definition) is 2. The summed E-state index contributed by atoms with van der Waals surface area (Å²) in [6, 6.07) is 9.27. The van der Waals surface area contributed by atoms with Crippen molar-refractivity contribution in [2.45, 2.75) is 9.92 Å². The maximum atomic E-state index is 8.57. The first-order chi connectivity index (χ1) is 8.29. The van der Waals surface area contributed by atoms with Gasteiger partial charge in [0.05, 0.1) is 0 Å². The van der Waals surface area contributed by atoms with Crippen LogP contribution in [0.15, 0.2) is 57.8 Å². The van der Waals surface area contributed by atoms with Crippen LogP contribution in [0, 0.1) is 0 Å². The van der Waals surface area contributed by atoms with Gasteiger partial charge in [-0.15, -0.1) is 0 Å². The minimum Gasteiger partial charge on any atom is -0.409 e. The van der Waals surface area contributed by atoms with Gasteiger partial charge < -0.3 is 10.9 Å². The molecular weight excluding hydrogens is 236 g/mol. The molecule has 5 nitrogen and oxygen atoms in total. The topological polar surface area (TPSA) is 84.4 Å². The quantitative estimate of drug-likeness (QED) is 0.373. The molecule has 0 aromatic carbocycles. The van der Waals surface area contributed by atoms with Gasteiger partial charge in [-0.3, -0.25) is 4.98 Å². The van der Waals surface area contributed by atoms with Crippen molar-refractivity contribution in [2.24, 2.45) is 10.9 Å². The van der Waals surface area contributed by atoms with Crippen LogP contribution in [0.2, 0.25) is 0 Å². The molecule has 0 unspecified atom stereocenters. The van der Waals surface area contributed by atoms with Crippen molar-refractivity contribution < 1.29 is 5.21 Å². The maximum absolute atomic E-state index is 8.57. The van der Waals surface area contributed by atoms with Crippen molar-refractivity contribution in [2.75, 3.05) is 0 Å². The van der Waals surface area contributed by atoms with Gasteiger partial charge in [0.15, 0.2) is 5.84 Å². The van der Waals surface area contributed by atoms with Crippen molar-refractivity contribution in [3.8, 4) is 0 Å². The molecule has 0 saturated heterocycles. The first kappa shape index (κ1) is 11.4. The summed E-state index contributed by atoms with van der Waals surface area (Å²) in [5, 5.41) is 12.4. The highest BCUT2D eigenvalue weighted by molar-refractivity contribution is 7.99. The molecule has 2 aromatic rings. The highest BCUT2D eigenvalue weighted by Gasteiger charge is 2.03. The molecule has 0 atom stereocenters. The molecule has 0 aliphatic carbocycles. The minimum absolute atomic E-state index is 0.00605. The van der Waals surface area contributed by atoms with E-state index in [0.717, 1.165) is 9.92 Å². The van der Waals surface area contributed by atoms with Crippen LogP contribution in [0.5, 0.6) is 0 Å². The fourth-order valence-electron chi connectivity index (χ4n) is 1.19. The Morgan fingerprint density at radius 2 is 2.12 bits per heavy atom. The zero-order valence-electron chi connectivity index (χ0n) is 8.82. The lowest BCUT2D eigenvalue weighted by Gasteiger charge is -2.02. The van der Waals surface area contributed by atoms with Crippen LogP contribution in [-0.2, 0) is 0 Å². The molecule has 0 fully saturated rings. The second-order valence-corrected chi connectivity index (χ2v) is 4.23. The van der Waals surface area contributed by atoms with E-state index in [-0.39, 0.29) is 5.84 Å². The van der Waals surface area contributed by atoms with Gasteiger partial charge in [0.25, 0.3) is 0 Å². The summed E-state index contributed by atoms with van der Waals surface area (Å²) < 4.78 is 0. The van der Waals surface area contributed by atoms with Gasteiger partial charge in [0.1, 0.15) is 10.7 Å². The van der Waals surface area contributed by atoms with Gasteiger partial charge in [-0.2, -0.15) is 0 Å². The largest absolute Gasteiger partial charge is 0.409 e. The maximum Gasteiger partial charge on any atom is 0.188 e. The molecular formula is C11H10N4OS. The van der Waals surface area contributed by atoms with Gasteiger partial charge >= 0.3 is 0 Å². The van der Waals surface area contributed by atoms with E-state index < -0.39 is 0 Å². The zero-order chi connectivity index (χ0) is 12.1. The smallest absolute Gasteiger partial charge is 0.188 e. The summed E-state index contributed by atoms with van der Waals surface area (Å²) >= 11 is 1.49. The second-order valence-electron chi connectivity index (χ2n) is 3.13. The molecule has 2 rings (SSSR count). The van der Waals surface area contributed by atoms with E-state index in [0.29, 0.717) is 5.69 Å². The summed E-state index contributed by atoms with van der Waals surface area (Å²) in [7, 11) is 0. The molecule has 0 spiro atoms. The van der Waals surface area contributed by atoms with Crippen molar-refractivity contribution in [1.29, 1.82) is 0 Å². The standard InChI is InChI=1S/C11H10N4OS/c12-11(15-16)9-7-8(4-6-13-9)17-10-3-1-2-5-14-10/h1-7,16H,(H2,12,15). The number of hydrogen-bond acceptors (Lipinski definition) is 5. The van der Waals surface area contributed by atoms with E-state index in [9.17, 15) is 0 Å². The first-order valence-corrected chi connectivity index (χ1v) is 5.64. The Hall–Kier alpha value is -2.08. The van der Waals surface area contributed by atoms with Crippen LogP contribution < -0.4 is 5.73 Å². The van der Waals surface area contributed by atoms with Gasteiger partial charge in [0.2, 0.25) is 0 Å². The molecule has 0 radical (unpaired) electrons. The van der Waals surface area contributed by atoms with Crippen LogP contribution in [0.25, 0.3) is 0 Å². The van der Waals surface area contributed by atoms with Crippen LogP contribution >= 0.6 is 11.8 Å². The predicted octanol–water partition coefficient (Wildman–Crippen LogP) is 1.72. The lowest BCUT2D eigenvalue weighted by Crippen LogP contribution is -2.14. The molecule has 0 aliphatic rings. The Balaban J connectivity index is 2.23. The number of amidine groups is 1. The van der Waals surface area contributed by atoms with Gasteiger partial charge in [-0.25, -0.2) is 4.98 Å². The van der Waals surface area contributed by atoms with Crippen LogP contribution in [-0.4, -0.2) is 21.0 Å². The lowest BCUT2D eigenvalue weighted by atomic mass is 10.3. The fourth-order valence-corrected chi connectivity index (χ4v) is 2.00.